The molecule has 0 radical (unpaired) electrons. The van der Waals surface area contributed by atoms with E-state index < -0.39 is 0 Å². The first-order chi connectivity index (χ1) is 10.0. The minimum absolute atomic E-state index is 0.156. The van der Waals surface area contributed by atoms with Gasteiger partial charge in [-0.3, -0.25) is 4.79 Å². The van der Waals surface area contributed by atoms with Gasteiger partial charge in [0.25, 0.3) is 0 Å². The summed E-state index contributed by atoms with van der Waals surface area (Å²) in [5.41, 5.74) is 1.23. The fourth-order valence-electron chi connectivity index (χ4n) is 3.49. The molecule has 1 saturated heterocycles. The molecule has 1 aromatic rings. The van der Waals surface area contributed by atoms with E-state index in [0.29, 0.717) is 17.9 Å². The van der Waals surface area contributed by atoms with Crippen molar-refractivity contribution in [3.05, 3.63) is 35.9 Å². The molecule has 21 heavy (non-hydrogen) atoms. The first-order valence-electron chi connectivity index (χ1n) is 8.05. The second kappa shape index (κ2) is 7.08. The Morgan fingerprint density at radius 3 is 2.52 bits per heavy atom. The normalized spacial score (nSPS) is 23.9. The zero-order valence-electron chi connectivity index (χ0n) is 13.7. The number of nitrogens with one attached hydrogen (secondary N) is 1. The summed E-state index contributed by atoms with van der Waals surface area (Å²) in [6.45, 7) is 7.48. The van der Waals surface area contributed by atoms with Crippen LogP contribution in [-0.2, 0) is 4.79 Å². The zero-order chi connectivity index (χ0) is 15.4. The fraction of sp³-hybridized carbons (Fsp3) is 0.611. The van der Waals surface area contributed by atoms with Crippen LogP contribution in [0.5, 0.6) is 0 Å². The molecule has 1 amide bonds. The van der Waals surface area contributed by atoms with Gasteiger partial charge in [0.2, 0.25) is 5.91 Å². The second-order valence-corrected chi connectivity index (χ2v) is 6.63. The van der Waals surface area contributed by atoms with E-state index in [2.05, 4.69) is 50.4 Å². The van der Waals surface area contributed by atoms with Gasteiger partial charge < -0.3 is 10.2 Å². The van der Waals surface area contributed by atoms with E-state index in [9.17, 15) is 4.79 Å². The molecule has 0 aliphatic carbocycles. The number of benzene rings is 1. The highest BCUT2D eigenvalue weighted by molar-refractivity contribution is 5.79. The molecule has 1 aromatic carbocycles. The number of carbonyl (C=O) groups excluding carboxylic acids is 1. The van der Waals surface area contributed by atoms with E-state index in [1.54, 1.807) is 0 Å². The summed E-state index contributed by atoms with van der Waals surface area (Å²) in [5, 5.41) is 3.42. The Morgan fingerprint density at radius 1 is 1.29 bits per heavy atom. The molecule has 1 aliphatic heterocycles. The van der Waals surface area contributed by atoms with Crippen LogP contribution in [0.25, 0.3) is 0 Å². The number of piperidine rings is 1. The summed E-state index contributed by atoms with van der Waals surface area (Å²) in [6.07, 6.45) is 1.90. The first kappa shape index (κ1) is 16.0. The van der Waals surface area contributed by atoms with Gasteiger partial charge in [0, 0.05) is 19.0 Å². The summed E-state index contributed by atoms with van der Waals surface area (Å²) in [5.74, 6) is 0.864. The first-order valence-corrected chi connectivity index (χ1v) is 8.05. The summed E-state index contributed by atoms with van der Waals surface area (Å²) >= 11 is 0. The molecule has 1 unspecified atom stereocenters. The highest BCUT2D eigenvalue weighted by Crippen LogP contribution is 2.30. The van der Waals surface area contributed by atoms with Crippen LogP contribution < -0.4 is 5.32 Å². The Balaban J connectivity index is 2.15. The van der Waals surface area contributed by atoms with Crippen molar-refractivity contribution in [2.75, 3.05) is 13.6 Å². The lowest BCUT2D eigenvalue weighted by atomic mass is 9.89. The Labute approximate surface area is 128 Å². The zero-order valence-corrected chi connectivity index (χ0v) is 13.7. The van der Waals surface area contributed by atoms with Crippen LogP contribution in [0.4, 0.5) is 0 Å². The van der Waals surface area contributed by atoms with Crippen molar-refractivity contribution in [1.29, 1.82) is 0 Å². The molecule has 1 heterocycles. The highest BCUT2D eigenvalue weighted by Gasteiger charge is 2.31. The van der Waals surface area contributed by atoms with Gasteiger partial charge in [0.1, 0.15) is 0 Å². The minimum Gasteiger partial charge on any atom is -0.338 e. The number of rotatable bonds is 4. The lowest BCUT2D eigenvalue weighted by Gasteiger charge is -2.36. The molecule has 0 aromatic heterocycles. The van der Waals surface area contributed by atoms with Crippen molar-refractivity contribution >= 4 is 5.91 Å². The van der Waals surface area contributed by atoms with E-state index in [4.69, 9.17) is 0 Å². The second-order valence-electron chi connectivity index (χ2n) is 6.63. The average molecular weight is 288 g/mol. The van der Waals surface area contributed by atoms with Crippen molar-refractivity contribution < 1.29 is 4.79 Å². The maximum absolute atomic E-state index is 12.9. The third-order valence-electron chi connectivity index (χ3n) is 4.51. The molecule has 0 spiro atoms. The van der Waals surface area contributed by atoms with Gasteiger partial charge in [-0.2, -0.15) is 0 Å². The van der Waals surface area contributed by atoms with Crippen molar-refractivity contribution in [2.45, 2.75) is 45.7 Å². The lowest BCUT2D eigenvalue weighted by molar-refractivity contribution is -0.138. The lowest BCUT2D eigenvalue weighted by Crippen LogP contribution is -2.44. The molecule has 0 bridgehead atoms. The van der Waals surface area contributed by atoms with E-state index in [1.165, 1.54) is 5.56 Å². The maximum atomic E-state index is 12.9. The van der Waals surface area contributed by atoms with Gasteiger partial charge in [-0.1, -0.05) is 44.2 Å². The third-order valence-corrected chi connectivity index (χ3v) is 4.51. The van der Waals surface area contributed by atoms with Crippen LogP contribution >= 0.6 is 0 Å². The molecule has 3 atom stereocenters. The molecule has 1 N–H and O–H groups in total. The van der Waals surface area contributed by atoms with Crippen LogP contribution in [0.1, 0.15) is 45.2 Å². The topological polar surface area (TPSA) is 32.3 Å². The number of hydrogen-bond donors (Lipinski definition) is 1. The Morgan fingerprint density at radius 2 is 1.95 bits per heavy atom. The summed E-state index contributed by atoms with van der Waals surface area (Å²) in [4.78, 5) is 14.8. The molecule has 3 heteroatoms. The molecular weight excluding hydrogens is 260 g/mol. The van der Waals surface area contributed by atoms with Gasteiger partial charge in [0.05, 0.1) is 6.04 Å². The summed E-state index contributed by atoms with van der Waals surface area (Å²) in [7, 11) is 1.96. The predicted octanol–water partition coefficient (Wildman–Crippen LogP) is 3.23. The van der Waals surface area contributed by atoms with Gasteiger partial charge in [-0.25, -0.2) is 0 Å². The third kappa shape index (κ3) is 3.85. The predicted molar refractivity (Wildman–Crippen MR) is 87.0 cm³/mol. The van der Waals surface area contributed by atoms with Gasteiger partial charge in [0.15, 0.2) is 0 Å². The van der Waals surface area contributed by atoms with Crippen LogP contribution in [0, 0.1) is 11.8 Å². The van der Waals surface area contributed by atoms with Crippen LogP contribution in [0.15, 0.2) is 30.3 Å². The Hall–Kier alpha value is -1.35. The molecule has 3 nitrogen and oxygen atoms in total. The molecule has 1 aliphatic rings. The van der Waals surface area contributed by atoms with E-state index in [0.717, 1.165) is 19.4 Å². The number of carbonyl (C=O) groups is 1. The van der Waals surface area contributed by atoms with Gasteiger partial charge in [-0.15, -0.1) is 0 Å². The largest absolute Gasteiger partial charge is 0.338 e. The smallest absolute Gasteiger partial charge is 0.226 e. The van der Waals surface area contributed by atoms with Crippen LogP contribution in [-0.4, -0.2) is 30.4 Å². The van der Waals surface area contributed by atoms with E-state index in [-0.39, 0.29) is 12.0 Å². The monoisotopic (exact) mass is 288 g/mol. The molecule has 0 saturated carbocycles. The quantitative estimate of drug-likeness (QED) is 0.922. The van der Waals surface area contributed by atoms with Gasteiger partial charge >= 0.3 is 0 Å². The van der Waals surface area contributed by atoms with Crippen molar-refractivity contribution in [2.24, 2.45) is 11.8 Å². The van der Waals surface area contributed by atoms with Crippen molar-refractivity contribution in [3.63, 3.8) is 0 Å². The molecule has 1 fully saturated rings. The van der Waals surface area contributed by atoms with Crippen LogP contribution in [0.3, 0.4) is 0 Å². The maximum Gasteiger partial charge on any atom is 0.226 e. The summed E-state index contributed by atoms with van der Waals surface area (Å²) in [6, 6.07) is 11.0. The molecular formula is C18H28N2O. The standard InChI is InChI=1S/C18H28N2O/c1-13(2)17(15-8-6-5-7-9-15)20(4)18(21)16-10-11-19-14(3)12-16/h5-9,13-14,16-17,19H,10-12H2,1-4H3/t14-,16-,17?/m0/s1. The van der Waals surface area contributed by atoms with Crippen molar-refractivity contribution in [3.8, 4) is 0 Å². The fourth-order valence-corrected chi connectivity index (χ4v) is 3.49. The minimum atomic E-state index is 0.156. The number of amides is 1. The number of hydrogen-bond acceptors (Lipinski definition) is 2. The van der Waals surface area contributed by atoms with Crippen molar-refractivity contribution in [1.82, 2.24) is 10.2 Å². The Kier molecular flexibility index (Phi) is 5.40. The SMILES string of the molecule is CC(C)C(c1ccccc1)N(C)C(=O)[C@H]1CCN[C@@H](C)C1. The van der Waals surface area contributed by atoms with Gasteiger partial charge in [-0.05, 0) is 37.8 Å². The van der Waals surface area contributed by atoms with E-state index in [1.807, 2.05) is 18.0 Å². The average Bonchev–Trinajstić information content (AvgIpc) is 2.47. The van der Waals surface area contributed by atoms with E-state index >= 15 is 0 Å². The molecule has 116 valence electrons. The Bertz CT molecular complexity index is 458. The van der Waals surface area contributed by atoms with Crippen LogP contribution in [0.2, 0.25) is 0 Å². The molecule has 2 rings (SSSR count). The summed E-state index contributed by atoms with van der Waals surface area (Å²) < 4.78 is 0. The highest BCUT2D eigenvalue weighted by atomic mass is 16.2. The number of nitrogens with zero attached hydrogens (tertiary/aromatic N) is 1.